The summed E-state index contributed by atoms with van der Waals surface area (Å²) >= 11 is 0. The van der Waals surface area contributed by atoms with Crippen molar-refractivity contribution >= 4 is 16.7 Å². The predicted molar refractivity (Wildman–Crippen MR) is 54.5 cm³/mol. The maximum absolute atomic E-state index is 11.7. The number of carbonyl (C=O) groups is 1. The van der Waals surface area contributed by atoms with Crippen LogP contribution in [0.3, 0.4) is 0 Å². The van der Waals surface area contributed by atoms with Crippen LogP contribution in [-0.4, -0.2) is 27.2 Å². The maximum Gasteiger partial charge on any atom is 0.233 e. The van der Waals surface area contributed by atoms with Crippen LogP contribution in [0.5, 0.6) is 0 Å². The Kier molecular flexibility index (Phi) is 5.90. The van der Waals surface area contributed by atoms with Gasteiger partial charge in [-0.15, -0.1) is 0 Å². The molecule has 0 radical (unpaired) electrons. The third kappa shape index (κ3) is 3.87. The first-order valence-corrected chi connectivity index (χ1v) is 5.70. The van der Waals surface area contributed by atoms with Gasteiger partial charge in [0, 0.05) is 16.0 Å². The molecule has 0 rings (SSSR count). The zero-order chi connectivity index (χ0) is 10.4. The molecule has 0 saturated heterocycles. The summed E-state index contributed by atoms with van der Waals surface area (Å²) in [6.07, 6.45) is 1.19. The molecule has 78 valence electrons. The van der Waals surface area contributed by atoms with E-state index in [-0.39, 0.29) is 5.25 Å². The zero-order valence-corrected chi connectivity index (χ0v) is 8.97. The van der Waals surface area contributed by atoms with Gasteiger partial charge in [0.1, 0.15) is 5.25 Å². The molecule has 4 N–H and O–H groups in total. The number of primary amides is 1. The molecule has 0 heterocycles. The molecule has 0 aliphatic carbocycles. The van der Waals surface area contributed by atoms with Crippen molar-refractivity contribution in [1.82, 2.24) is 0 Å². The van der Waals surface area contributed by atoms with Crippen molar-refractivity contribution in [3.63, 3.8) is 0 Å². The van der Waals surface area contributed by atoms with Crippen LogP contribution >= 0.6 is 0 Å². The van der Waals surface area contributed by atoms with Crippen LogP contribution < -0.4 is 11.5 Å². The lowest BCUT2D eigenvalue weighted by molar-refractivity contribution is -0.117. The second kappa shape index (κ2) is 6.10. The summed E-state index contributed by atoms with van der Waals surface area (Å²) in [7, 11) is -1.19. The molecule has 0 saturated carbocycles. The lowest BCUT2D eigenvalue weighted by Crippen LogP contribution is -2.36. The second-order valence-corrected chi connectivity index (χ2v) is 5.05. The van der Waals surface area contributed by atoms with Crippen LogP contribution in [0.1, 0.15) is 26.7 Å². The van der Waals surface area contributed by atoms with Crippen molar-refractivity contribution < 1.29 is 9.00 Å². The highest BCUT2D eigenvalue weighted by atomic mass is 32.2. The minimum absolute atomic E-state index is 0.0533. The molecule has 0 aromatic rings. The van der Waals surface area contributed by atoms with Crippen molar-refractivity contribution in [3.05, 3.63) is 0 Å². The monoisotopic (exact) mass is 206 g/mol. The zero-order valence-electron chi connectivity index (χ0n) is 8.16. The Morgan fingerprint density at radius 1 is 1.54 bits per heavy atom. The molecule has 13 heavy (non-hydrogen) atoms. The maximum atomic E-state index is 11.7. The summed E-state index contributed by atoms with van der Waals surface area (Å²) in [6, 6.07) is 0. The summed E-state index contributed by atoms with van der Waals surface area (Å²) < 4.78 is 11.7. The van der Waals surface area contributed by atoms with E-state index < -0.39 is 22.0 Å². The third-order valence-electron chi connectivity index (χ3n) is 1.94. The number of hydrogen-bond donors (Lipinski definition) is 2. The van der Waals surface area contributed by atoms with Gasteiger partial charge in [0.15, 0.2) is 0 Å². The van der Waals surface area contributed by atoms with Gasteiger partial charge in [-0.05, 0) is 19.4 Å². The Balaban J connectivity index is 4.28. The molecule has 0 bridgehead atoms. The van der Waals surface area contributed by atoms with Gasteiger partial charge >= 0.3 is 0 Å². The highest BCUT2D eigenvalue weighted by molar-refractivity contribution is 7.87. The summed E-state index contributed by atoms with van der Waals surface area (Å²) in [4.78, 5) is 10.9. The summed E-state index contributed by atoms with van der Waals surface area (Å²) in [5.41, 5.74) is 10.5. The van der Waals surface area contributed by atoms with Crippen LogP contribution in [0.2, 0.25) is 0 Å². The number of rotatable bonds is 6. The van der Waals surface area contributed by atoms with Crippen LogP contribution in [0.25, 0.3) is 0 Å². The topological polar surface area (TPSA) is 86.2 Å². The summed E-state index contributed by atoms with van der Waals surface area (Å²) in [5, 5.41) is -0.580. The van der Waals surface area contributed by atoms with Crippen LogP contribution in [-0.2, 0) is 15.6 Å². The van der Waals surface area contributed by atoms with E-state index in [2.05, 4.69) is 0 Å². The van der Waals surface area contributed by atoms with E-state index in [0.717, 1.165) is 0 Å². The molecular weight excluding hydrogens is 188 g/mol. The second-order valence-electron chi connectivity index (χ2n) is 3.02. The predicted octanol–water partition coefficient (Wildman–Crippen LogP) is -0.264. The molecule has 0 aromatic carbocycles. The Hall–Kier alpha value is -0.420. The molecule has 0 spiro atoms. The standard InChI is InChI=1S/C8H18N2O2S/c1-3-7(8(10)11)13(12)6(2)4-5-9/h6-7H,3-5,9H2,1-2H3,(H2,10,11). The van der Waals surface area contributed by atoms with Gasteiger partial charge < -0.3 is 11.5 Å². The smallest absolute Gasteiger partial charge is 0.233 e. The van der Waals surface area contributed by atoms with Gasteiger partial charge in [-0.1, -0.05) is 13.8 Å². The number of carbonyl (C=O) groups excluding carboxylic acids is 1. The summed E-state index contributed by atoms with van der Waals surface area (Å²) in [6.45, 7) is 4.12. The van der Waals surface area contributed by atoms with E-state index in [9.17, 15) is 9.00 Å². The number of amides is 1. The van der Waals surface area contributed by atoms with Crippen molar-refractivity contribution in [2.75, 3.05) is 6.54 Å². The van der Waals surface area contributed by atoms with Crippen LogP contribution in [0.4, 0.5) is 0 Å². The molecule has 0 aliphatic rings. The SMILES string of the molecule is CCC(C(N)=O)S(=O)C(C)CCN. The number of hydrogen-bond acceptors (Lipinski definition) is 3. The minimum Gasteiger partial charge on any atom is -0.369 e. The van der Waals surface area contributed by atoms with Crippen LogP contribution in [0, 0.1) is 0 Å². The quantitative estimate of drug-likeness (QED) is 0.627. The van der Waals surface area contributed by atoms with Gasteiger partial charge in [-0.2, -0.15) is 0 Å². The molecule has 0 fully saturated rings. The highest BCUT2D eigenvalue weighted by Gasteiger charge is 2.24. The Morgan fingerprint density at radius 2 is 2.08 bits per heavy atom. The molecule has 0 aromatic heterocycles. The Morgan fingerprint density at radius 3 is 2.38 bits per heavy atom. The van der Waals surface area contributed by atoms with Gasteiger partial charge in [0.05, 0.1) is 0 Å². The molecule has 5 heteroatoms. The third-order valence-corrected chi connectivity index (χ3v) is 4.09. The lowest BCUT2D eigenvalue weighted by Gasteiger charge is -2.16. The minimum atomic E-state index is -1.19. The first kappa shape index (κ1) is 12.6. The van der Waals surface area contributed by atoms with E-state index in [1.807, 2.05) is 13.8 Å². The van der Waals surface area contributed by atoms with E-state index >= 15 is 0 Å². The average molecular weight is 206 g/mol. The molecule has 3 unspecified atom stereocenters. The molecule has 4 nitrogen and oxygen atoms in total. The van der Waals surface area contributed by atoms with E-state index in [4.69, 9.17) is 11.5 Å². The van der Waals surface area contributed by atoms with E-state index in [1.165, 1.54) is 0 Å². The van der Waals surface area contributed by atoms with E-state index in [0.29, 0.717) is 19.4 Å². The largest absolute Gasteiger partial charge is 0.369 e. The molecule has 3 atom stereocenters. The van der Waals surface area contributed by atoms with Crippen molar-refractivity contribution in [3.8, 4) is 0 Å². The summed E-state index contributed by atoms with van der Waals surface area (Å²) in [5.74, 6) is -0.482. The van der Waals surface area contributed by atoms with Crippen molar-refractivity contribution in [2.45, 2.75) is 37.2 Å². The normalized spacial score (nSPS) is 17.8. The van der Waals surface area contributed by atoms with Crippen LogP contribution in [0.15, 0.2) is 0 Å². The Bertz CT molecular complexity index is 197. The van der Waals surface area contributed by atoms with E-state index in [1.54, 1.807) is 0 Å². The van der Waals surface area contributed by atoms with Crippen molar-refractivity contribution in [2.24, 2.45) is 11.5 Å². The lowest BCUT2D eigenvalue weighted by atomic mass is 10.3. The first-order chi connectivity index (χ1) is 6.04. The average Bonchev–Trinajstić information content (AvgIpc) is 2.05. The molecule has 0 aliphatic heterocycles. The fourth-order valence-corrected chi connectivity index (χ4v) is 2.60. The molecule has 1 amide bonds. The highest BCUT2D eigenvalue weighted by Crippen LogP contribution is 2.09. The number of nitrogens with two attached hydrogens (primary N) is 2. The van der Waals surface area contributed by atoms with Crippen molar-refractivity contribution in [1.29, 1.82) is 0 Å². The first-order valence-electron chi connectivity index (χ1n) is 4.43. The van der Waals surface area contributed by atoms with Gasteiger partial charge in [-0.25, -0.2) is 0 Å². The van der Waals surface area contributed by atoms with Gasteiger partial charge in [-0.3, -0.25) is 9.00 Å². The molecular formula is C8H18N2O2S. The Labute approximate surface area is 81.5 Å². The fraction of sp³-hybridized carbons (Fsp3) is 0.875. The van der Waals surface area contributed by atoms with Gasteiger partial charge in [0.2, 0.25) is 5.91 Å². The fourth-order valence-electron chi connectivity index (χ4n) is 1.11. The van der Waals surface area contributed by atoms with Gasteiger partial charge in [0.25, 0.3) is 0 Å².